The first kappa shape index (κ1) is 20.3. The normalized spacial score (nSPS) is 18.8. The van der Waals surface area contributed by atoms with Gasteiger partial charge in [-0.25, -0.2) is 8.42 Å². The molecule has 6 nitrogen and oxygen atoms in total. The Morgan fingerprint density at radius 2 is 1.93 bits per heavy atom. The Balaban J connectivity index is 1.53. The molecule has 8 heteroatoms. The van der Waals surface area contributed by atoms with Gasteiger partial charge in [0.25, 0.3) is 0 Å². The molecule has 0 unspecified atom stereocenters. The van der Waals surface area contributed by atoms with Crippen LogP contribution in [0.2, 0.25) is 0 Å². The topological polar surface area (TPSA) is 76.3 Å². The van der Waals surface area contributed by atoms with Crippen LogP contribution in [0, 0.1) is 0 Å². The van der Waals surface area contributed by atoms with Gasteiger partial charge >= 0.3 is 0 Å². The average molecular weight is 432 g/mol. The molecule has 4 rings (SSSR count). The summed E-state index contributed by atoms with van der Waals surface area (Å²) >= 11 is 1.55. The molecule has 0 amide bonds. The molecule has 3 aromatic rings. The van der Waals surface area contributed by atoms with E-state index in [1.54, 1.807) is 27.8 Å². The second-order valence-corrected chi connectivity index (χ2v) is 11.3. The van der Waals surface area contributed by atoms with Crippen molar-refractivity contribution in [2.24, 2.45) is 0 Å². The third-order valence-electron chi connectivity index (χ3n) is 5.27. The van der Waals surface area contributed by atoms with E-state index in [2.05, 4.69) is 30.9 Å². The lowest BCUT2D eigenvalue weighted by Gasteiger charge is -2.30. The zero-order chi connectivity index (χ0) is 20.6. The van der Waals surface area contributed by atoms with E-state index in [0.29, 0.717) is 29.7 Å². The van der Waals surface area contributed by atoms with Crippen LogP contribution in [0.5, 0.6) is 0 Å². The van der Waals surface area contributed by atoms with Gasteiger partial charge in [0.1, 0.15) is 0 Å². The number of sulfonamides is 1. The van der Waals surface area contributed by atoms with Crippen LogP contribution in [0.1, 0.15) is 51.0 Å². The van der Waals surface area contributed by atoms with Crippen molar-refractivity contribution in [1.29, 1.82) is 0 Å². The van der Waals surface area contributed by atoms with Crippen molar-refractivity contribution >= 4 is 21.4 Å². The van der Waals surface area contributed by atoms with Gasteiger partial charge in [0.2, 0.25) is 21.7 Å². The molecule has 29 heavy (non-hydrogen) atoms. The molecule has 154 valence electrons. The van der Waals surface area contributed by atoms with Crippen LogP contribution in [-0.4, -0.2) is 36.0 Å². The number of piperidine rings is 1. The van der Waals surface area contributed by atoms with Crippen LogP contribution in [0.3, 0.4) is 0 Å². The fourth-order valence-corrected chi connectivity index (χ4v) is 5.72. The molecule has 0 bridgehead atoms. The number of aromatic nitrogens is 2. The fourth-order valence-electron chi connectivity index (χ4n) is 3.55. The highest BCUT2D eigenvalue weighted by molar-refractivity contribution is 7.89. The maximum absolute atomic E-state index is 13.2. The minimum Gasteiger partial charge on any atom is -0.339 e. The standard InChI is InChI=1S/C21H25N3O3S2/c1-21(2,3)16-8-10-17(11-9-16)29(25,26)24-12-4-6-15(14-24)20-22-19(23-27-20)18-7-5-13-28-18/h5,7-11,13,15H,4,6,12,14H2,1-3H3/t15-/m0/s1. The van der Waals surface area contributed by atoms with Crippen LogP contribution in [0.4, 0.5) is 0 Å². The van der Waals surface area contributed by atoms with Gasteiger partial charge < -0.3 is 4.52 Å². The van der Waals surface area contributed by atoms with Gasteiger partial charge in [-0.15, -0.1) is 11.3 Å². The van der Waals surface area contributed by atoms with Gasteiger partial charge in [0.15, 0.2) is 0 Å². The lowest BCUT2D eigenvalue weighted by Crippen LogP contribution is -2.39. The number of nitrogens with zero attached hydrogens (tertiary/aromatic N) is 3. The molecule has 0 saturated carbocycles. The van der Waals surface area contributed by atoms with Gasteiger partial charge in [-0.05, 0) is 47.4 Å². The molecule has 3 heterocycles. The number of benzene rings is 1. The van der Waals surface area contributed by atoms with Crippen LogP contribution in [-0.2, 0) is 15.4 Å². The fraction of sp³-hybridized carbons (Fsp3) is 0.429. The smallest absolute Gasteiger partial charge is 0.243 e. The van der Waals surface area contributed by atoms with E-state index >= 15 is 0 Å². The summed E-state index contributed by atoms with van der Waals surface area (Å²) in [5.74, 6) is 0.984. The molecule has 0 N–H and O–H groups in total. The highest BCUT2D eigenvalue weighted by atomic mass is 32.2. The van der Waals surface area contributed by atoms with Crippen molar-refractivity contribution in [2.45, 2.75) is 49.8 Å². The van der Waals surface area contributed by atoms with Gasteiger partial charge in [0.05, 0.1) is 15.7 Å². The molecule has 0 radical (unpaired) electrons. The quantitative estimate of drug-likeness (QED) is 0.600. The zero-order valence-electron chi connectivity index (χ0n) is 16.8. The van der Waals surface area contributed by atoms with Crippen molar-refractivity contribution in [3.8, 4) is 10.7 Å². The second-order valence-electron chi connectivity index (χ2n) is 8.41. The highest BCUT2D eigenvalue weighted by Crippen LogP contribution is 2.32. The minimum absolute atomic E-state index is 0.0171. The van der Waals surface area contributed by atoms with Gasteiger partial charge in [-0.1, -0.05) is 44.1 Å². The maximum atomic E-state index is 13.2. The third-order valence-corrected chi connectivity index (χ3v) is 8.02. The number of hydrogen-bond acceptors (Lipinski definition) is 6. The Bertz CT molecular complexity index is 1070. The average Bonchev–Trinajstić information content (AvgIpc) is 3.39. The van der Waals surface area contributed by atoms with Crippen molar-refractivity contribution in [3.05, 3.63) is 53.2 Å². The van der Waals surface area contributed by atoms with E-state index in [1.165, 1.54) is 0 Å². The largest absolute Gasteiger partial charge is 0.339 e. The predicted octanol–water partition coefficient (Wildman–Crippen LogP) is 4.66. The van der Waals surface area contributed by atoms with Crippen molar-refractivity contribution in [3.63, 3.8) is 0 Å². The summed E-state index contributed by atoms with van der Waals surface area (Å²) in [6.45, 7) is 7.20. The first-order chi connectivity index (χ1) is 13.7. The number of thiophene rings is 1. The predicted molar refractivity (Wildman–Crippen MR) is 113 cm³/mol. The third kappa shape index (κ3) is 4.15. The van der Waals surface area contributed by atoms with Gasteiger partial charge in [-0.3, -0.25) is 0 Å². The van der Waals surface area contributed by atoms with Crippen molar-refractivity contribution in [2.75, 3.05) is 13.1 Å². The number of rotatable bonds is 4. The summed E-state index contributed by atoms with van der Waals surface area (Å²) < 4.78 is 33.4. The molecular weight excluding hydrogens is 406 g/mol. The first-order valence-electron chi connectivity index (χ1n) is 9.73. The van der Waals surface area contributed by atoms with E-state index in [9.17, 15) is 8.42 Å². The van der Waals surface area contributed by atoms with Crippen molar-refractivity contribution < 1.29 is 12.9 Å². The molecule has 0 aliphatic carbocycles. The first-order valence-corrected chi connectivity index (χ1v) is 12.1. The van der Waals surface area contributed by atoms with E-state index in [1.807, 2.05) is 29.6 Å². The summed E-state index contributed by atoms with van der Waals surface area (Å²) in [5.41, 5.74) is 1.09. The molecule has 1 atom stereocenters. The van der Waals surface area contributed by atoms with E-state index in [-0.39, 0.29) is 11.3 Å². The maximum Gasteiger partial charge on any atom is 0.243 e. The van der Waals surface area contributed by atoms with Gasteiger partial charge in [0, 0.05) is 13.1 Å². The Hall–Kier alpha value is -2.03. The van der Waals surface area contributed by atoms with Crippen LogP contribution < -0.4 is 0 Å². The summed E-state index contributed by atoms with van der Waals surface area (Å²) in [4.78, 5) is 5.79. The molecule has 1 saturated heterocycles. The van der Waals surface area contributed by atoms with Crippen molar-refractivity contribution in [1.82, 2.24) is 14.4 Å². The molecule has 1 aliphatic heterocycles. The second kappa shape index (κ2) is 7.66. The SMILES string of the molecule is CC(C)(C)c1ccc(S(=O)(=O)N2CCC[C@H](c3nc(-c4cccs4)no3)C2)cc1. The lowest BCUT2D eigenvalue weighted by molar-refractivity contribution is 0.265. The Kier molecular flexibility index (Phi) is 5.35. The summed E-state index contributed by atoms with van der Waals surface area (Å²) in [6.07, 6.45) is 1.60. The van der Waals surface area contributed by atoms with E-state index in [4.69, 9.17) is 4.52 Å². The Morgan fingerprint density at radius 1 is 1.17 bits per heavy atom. The van der Waals surface area contributed by atoms with Gasteiger partial charge in [-0.2, -0.15) is 9.29 Å². The summed E-state index contributed by atoms with van der Waals surface area (Å²) in [6, 6.07) is 11.1. The summed E-state index contributed by atoms with van der Waals surface area (Å²) in [7, 11) is -3.56. The molecule has 1 fully saturated rings. The Morgan fingerprint density at radius 3 is 2.59 bits per heavy atom. The van der Waals surface area contributed by atoms with Crippen LogP contribution in [0.15, 0.2) is 51.2 Å². The molecular formula is C21H25N3O3S2. The Labute approximate surface area is 175 Å². The minimum atomic E-state index is -3.56. The molecule has 0 spiro atoms. The molecule has 1 aliphatic rings. The monoisotopic (exact) mass is 431 g/mol. The summed E-state index contributed by atoms with van der Waals surface area (Å²) in [5, 5.41) is 6.03. The molecule has 1 aromatic carbocycles. The van der Waals surface area contributed by atoms with E-state index < -0.39 is 10.0 Å². The highest BCUT2D eigenvalue weighted by Gasteiger charge is 2.33. The molecule has 2 aromatic heterocycles. The number of hydrogen-bond donors (Lipinski definition) is 0. The van der Waals surface area contributed by atoms with Crippen LogP contribution in [0.25, 0.3) is 10.7 Å². The van der Waals surface area contributed by atoms with Crippen LogP contribution >= 0.6 is 11.3 Å². The lowest BCUT2D eigenvalue weighted by atomic mass is 9.87. The zero-order valence-corrected chi connectivity index (χ0v) is 18.5. The van der Waals surface area contributed by atoms with E-state index in [0.717, 1.165) is 23.3 Å².